The van der Waals surface area contributed by atoms with Crippen LogP contribution in [0.4, 0.5) is 4.79 Å². The van der Waals surface area contributed by atoms with Gasteiger partial charge in [0.05, 0.1) is 5.56 Å². The number of benzene rings is 2. The molecule has 0 radical (unpaired) electrons. The standard InChI is InChI=1S/C18H13Cl2NO4/c1-21(2)18(23)24-12-5-6-13-15(9-12)25-16(17(13)22)7-10-3-4-11(19)8-14(10)20/h3-9H,1-2H3/b16-7+. The van der Waals surface area contributed by atoms with Crippen molar-refractivity contribution in [2.45, 2.75) is 0 Å². The summed E-state index contributed by atoms with van der Waals surface area (Å²) in [6, 6.07) is 9.55. The van der Waals surface area contributed by atoms with Crippen molar-refractivity contribution >= 4 is 41.2 Å². The van der Waals surface area contributed by atoms with Gasteiger partial charge in [-0.2, -0.15) is 0 Å². The number of hydrogen-bond donors (Lipinski definition) is 0. The first-order valence-corrected chi connectivity index (χ1v) is 8.03. The minimum Gasteiger partial charge on any atom is -0.452 e. The van der Waals surface area contributed by atoms with Crippen molar-refractivity contribution in [3.63, 3.8) is 0 Å². The van der Waals surface area contributed by atoms with Crippen molar-refractivity contribution < 1.29 is 19.1 Å². The number of allylic oxidation sites excluding steroid dienone is 1. The first-order valence-electron chi connectivity index (χ1n) is 7.27. The fourth-order valence-corrected chi connectivity index (χ4v) is 2.65. The molecule has 1 aliphatic heterocycles. The summed E-state index contributed by atoms with van der Waals surface area (Å²) in [4.78, 5) is 25.3. The fourth-order valence-electron chi connectivity index (χ4n) is 2.18. The Morgan fingerprint density at radius 2 is 1.92 bits per heavy atom. The van der Waals surface area contributed by atoms with Crippen molar-refractivity contribution in [3.8, 4) is 11.5 Å². The van der Waals surface area contributed by atoms with Crippen LogP contribution >= 0.6 is 23.2 Å². The Morgan fingerprint density at radius 3 is 2.60 bits per heavy atom. The number of ketones is 1. The second-order valence-electron chi connectivity index (χ2n) is 5.53. The Bertz CT molecular complexity index is 906. The van der Waals surface area contributed by atoms with Crippen molar-refractivity contribution in [2.24, 2.45) is 0 Å². The second kappa shape index (κ2) is 6.78. The highest BCUT2D eigenvalue weighted by Crippen LogP contribution is 2.35. The number of hydrogen-bond acceptors (Lipinski definition) is 4. The summed E-state index contributed by atoms with van der Waals surface area (Å²) in [7, 11) is 3.15. The predicted molar refractivity (Wildman–Crippen MR) is 95.6 cm³/mol. The van der Waals surface area contributed by atoms with Gasteiger partial charge in [-0.1, -0.05) is 29.3 Å². The third-order valence-electron chi connectivity index (χ3n) is 3.46. The van der Waals surface area contributed by atoms with Gasteiger partial charge in [0.25, 0.3) is 0 Å². The number of amides is 1. The lowest BCUT2D eigenvalue weighted by atomic mass is 10.1. The molecule has 0 unspecified atom stereocenters. The first kappa shape index (κ1) is 17.3. The number of carbonyl (C=O) groups excluding carboxylic acids is 2. The van der Waals surface area contributed by atoms with Crippen molar-refractivity contribution in [2.75, 3.05) is 14.1 Å². The van der Waals surface area contributed by atoms with E-state index in [0.29, 0.717) is 26.9 Å². The number of rotatable bonds is 2. The molecule has 1 heterocycles. The topological polar surface area (TPSA) is 55.8 Å². The van der Waals surface area contributed by atoms with Crippen LogP contribution in [0, 0.1) is 0 Å². The van der Waals surface area contributed by atoms with E-state index in [1.54, 1.807) is 50.5 Å². The summed E-state index contributed by atoms with van der Waals surface area (Å²) in [5.41, 5.74) is 1.00. The zero-order valence-electron chi connectivity index (χ0n) is 13.4. The zero-order valence-corrected chi connectivity index (χ0v) is 14.9. The van der Waals surface area contributed by atoms with E-state index in [1.165, 1.54) is 11.0 Å². The van der Waals surface area contributed by atoms with E-state index in [2.05, 4.69) is 0 Å². The van der Waals surface area contributed by atoms with E-state index >= 15 is 0 Å². The minimum absolute atomic E-state index is 0.135. The van der Waals surface area contributed by atoms with Crippen molar-refractivity contribution in [3.05, 3.63) is 63.3 Å². The molecule has 0 fully saturated rings. The molecule has 2 aromatic rings. The molecular formula is C18H13Cl2NO4. The SMILES string of the molecule is CN(C)C(=O)Oc1ccc2c(c1)O/C(=C/c1ccc(Cl)cc1Cl)C2=O. The van der Waals surface area contributed by atoms with Crippen molar-refractivity contribution in [1.82, 2.24) is 4.90 Å². The molecule has 0 aliphatic carbocycles. The molecule has 0 spiro atoms. The molecule has 5 nitrogen and oxygen atoms in total. The number of nitrogens with zero attached hydrogens (tertiary/aromatic N) is 1. The summed E-state index contributed by atoms with van der Waals surface area (Å²) < 4.78 is 10.8. The molecule has 2 aromatic carbocycles. The van der Waals surface area contributed by atoms with Crippen LogP contribution in [0.1, 0.15) is 15.9 Å². The Morgan fingerprint density at radius 1 is 1.16 bits per heavy atom. The second-order valence-corrected chi connectivity index (χ2v) is 6.37. The number of carbonyl (C=O) groups is 2. The van der Waals surface area contributed by atoms with E-state index in [4.69, 9.17) is 32.7 Å². The highest BCUT2D eigenvalue weighted by Gasteiger charge is 2.28. The van der Waals surface area contributed by atoms with Crippen LogP contribution in [0.25, 0.3) is 6.08 Å². The van der Waals surface area contributed by atoms with E-state index in [1.807, 2.05) is 0 Å². The van der Waals surface area contributed by atoms with E-state index < -0.39 is 6.09 Å². The van der Waals surface area contributed by atoms with Crippen LogP contribution < -0.4 is 9.47 Å². The Balaban J connectivity index is 1.88. The van der Waals surface area contributed by atoms with Crippen LogP contribution in [0.2, 0.25) is 10.0 Å². The smallest absolute Gasteiger partial charge is 0.414 e. The molecule has 3 rings (SSSR count). The number of fused-ring (bicyclic) bond motifs is 1. The normalized spacial score (nSPS) is 14.2. The molecule has 0 saturated heterocycles. The van der Waals surface area contributed by atoms with Crippen LogP contribution in [-0.4, -0.2) is 30.9 Å². The summed E-state index contributed by atoms with van der Waals surface area (Å²) in [6.07, 6.45) is 1.03. The lowest BCUT2D eigenvalue weighted by molar-refractivity contribution is 0.101. The maximum atomic E-state index is 12.4. The predicted octanol–water partition coefficient (Wildman–Crippen LogP) is 4.67. The number of Topliss-reactive ketones (excluding diaryl/α,β-unsaturated/α-hetero) is 1. The molecule has 0 aromatic heterocycles. The molecule has 25 heavy (non-hydrogen) atoms. The monoisotopic (exact) mass is 377 g/mol. The quantitative estimate of drug-likeness (QED) is 0.713. The van der Waals surface area contributed by atoms with Crippen LogP contribution in [-0.2, 0) is 0 Å². The highest BCUT2D eigenvalue weighted by atomic mass is 35.5. The first-order chi connectivity index (χ1) is 11.8. The van der Waals surface area contributed by atoms with E-state index in [-0.39, 0.29) is 17.3 Å². The fraction of sp³-hybridized carbons (Fsp3) is 0.111. The summed E-state index contributed by atoms with van der Waals surface area (Å²) in [6.45, 7) is 0. The molecule has 0 saturated carbocycles. The number of ether oxygens (including phenoxy) is 2. The Hall–Kier alpha value is -2.50. The van der Waals surface area contributed by atoms with Gasteiger partial charge >= 0.3 is 6.09 Å². The van der Waals surface area contributed by atoms with Gasteiger partial charge in [0, 0.05) is 30.2 Å². The highest BCUT2D eigenvalue weighted by molar-refractivity contribution is 6.35. The van der Waals surface area contributed by atoms with Crippen LogP contribution in [0.3, 0.4) is 0 Å². The maximum absolute atomic E-state index is 12.4. The van der Waals surface area contributed by atoms with Gasteiger partial charge < -0.3 is 14.4 Å². The van der Waals surface area contributed by atoms with Gasteiger partial charge in [-0.15, -0.1) is 0 Å². The lowest BCUT2D eigenvalue weighted by Crippen LogP contribution is -2.25. The van der Waals surface area contributed by atoms with Gasteiger partial charge in [-0.3, -0.25) is 4.79 Å². The Kier molecular flexibility index (Phi) is 4.70. The number of halogens is 2. The van der Waals surface area contributed by atoms with Gasteiger partial charge in [0.15, 0.2) is 5.76 Å². The minimum atomic E-state index is -0.520. The van der Waals surface area contributed by atoms with Crippen LogP contribution in [0.15, 0.2) is 42.2 Å². The summed E-state index contributed by atoms with van der Waals surface area (Å²) >= 11 is 12.0. The van der Waals surface area contributed by atoms with Crippen LogP contribution in [0.5, 0.6) is 11.5 Å². The van der Waals surface area contributed by atoms with Gasteiger partial charge in [0.2, 0.25) is 5.78 Å². The average molecular weight is 378 g/mol. The third kappa shape index (κ3) is 3.62. The van der Waals surface area contributed by atoms with Gasteiger partial charge in [-0.05, 0) is 35.9 Å². The van der Waals surface area contributed by atoms with E-state index in [0.717, 1.165) is 0 Å². The molecule has 1 aliphatic rings. The molecular weight excluding hydrogens is 365 g/mol. The molecule has 7 heteroatoms. The summed E-state index contributed by atoms with van der Waals surface area (Å²) in [5.74, 6) is 0.475. The molecule has 0 atom stereocenters. The Labute approximate surface area is 154 Å². The average Bonchev–Trinajstić information content (AvgIpc) is 2.85. The van der Waals surface area contributed by atoms with E-state index in [9.17, 15) is 9.59 Å². The van der Waals surface area contributed by atoms with Gasteiger partial charge in [-0.25, -0.2) is 4.79 Å². The molecule has 0 N–H and O–H groups in total. The largest absolute Gasteiger partial charge is 0.452 e. The van der Waals surface area contributed by atoms with Gasteiger partial charge in [0.1, 0.15) is 11.5 Å². The molecule has 128 valence electrons. The molecule has 0 bridgehead atoms. The summed E-state index contributed by atoms with van der Waals surface area (Å²) in [5, 5.41) is 0.911. The third-order valence-corrected chi connectivity index (χ3v) is 4.02. The van der Waals surface area contributed by atoms with Crippen molar-refractivity contribution in [1.29, 1.82) is 0 Å². The lowest BCUT2D eigenvalue weighted by Gasteiger charge is -2.10. The molecule has 1 amide bonds. The zero-order chi connectivity index (χ0) is 18.1. The maximum Gasteiger partial charge on any atom is 0.414 e.